The Morgan fingerprint density at radius 1 is 1.47 bits per heavy atom. The summed E-state index contributed by atoms with van der Waals surface area (Å²) in [4.78, 5) is 0. The molecule has 0 saturated heterocycles. The van der Waals surface area contributed by atoms with E-state index in [1.54, 1.807) is 7.11 Å². The number of ether oxygens (including phenoxy) is 1. The van der Waals surface area contributed by atoms with E-state index in [9.17, 15) is 0 Å². The van der Waals surface area contributed by atoms with Gasteiger partial charge in [0.1, 0.15) is 5.75 Å². The molecule has 4 heteroatoms. The maximum absolute atomic E-state index is 5.74. The van der Waals surface area contributed by atoms with Gasteiger partial charge < -0.3 is 4.74 Å². The number of hydrogen-bond acceptors (Lipinski definition) is 1. The minimum absolute atomic E-state index is 0.521. The van der Waals surface area contributed by atoms with Crippen LogP contribution < -0.4 is 4.74 Å². The van der Waals surface area contributed by atoms with E-state index in [1.165, 1.54) is 0 Å². The van der Waals surface area contributed by atoms with E-state index in [0.29, 0.717) is 5.88 Å². The van der Waals surface area contributed by atoms with Crippen molar-refractivity contribution in [1.82, 2.24) is 0 Å². The number of halogens is 3. The Balaban J connectivity index is 3.26. The maximum Gasteiger partial charge on any atom is 0.140 e. The number of hydrogen-bond donors (Lipinski definition) is 0. The summed E-state index contributed by atoms with van der Waals surface area (Å²) < 4.78 is 7.25. The second kappa shape index (κ2) is 5.92. The van der Waals surface area contributed by atoms with Gasteiger partial charge in [0.2, 0.25) is 0 Å². The molecular weight excluding hydrogens is 343 g/mol. The molecule has 82 valence electrons. The van der Waals surface area contributed by atoms with Crippen molar-refractivity contribution in [2.24, 2.45) is 0 Å². The van der Waals surface area contributed by atoms with Crippen molar-refractivity contribution in [3.8, 4) is 5.75 Å². The third-order valence-electron chi connectivity index (χ3n) is 1.85. The fraction of sp³-hybridized carbons (Fsp3) is 0.273. The summed E-state index contributed by atoms with van der Waals surface area (Å²) in [7, 11) is 1.65. The van der Waals surface area contributed by atoms with Crippen molar-refractivity contribution in [1.29, 1.82) is 0 Å². The molecule has 0 atom stereocenters. The molecule has 0 fully saturated rings. The van der Waals surface area contributed by atoms with E-state index in [1.807, 2.05) is 25.1 Å². The fourth-order valence-electron chi connectivity index (χ4n) is 1.21. The van der Waals surface area contributed by atoms with Crippen LogP contribution in [-0.4, -0.2) is 13.0 Å². The van der Waals surface area contributed by atoms with Gasteiger partial charge in [-0.25, -0.2) is 0 Å². The van der Waals surface area contributed by atoms with Crippen molar-refractivity contribution >= 4 is 49.5 Å². The van der Waals surface area contributed by atoms with Crippen molar-refractivity contribution in [3.05, 3.63) is 32.2 Å². The predicted octanol–water partition coefficient (Wildman–Crippen LogP) is 4.86. The molecule has 1 aromatic carbocycles. The van der Waals surface area contributed by atoms with Gasteiger partial charge in [-0.2, -0.15) is 0 Å². The van der Waals surface area contributed by atoms with Crippen LogP contribution in [0.4, 0.5) is 0 Å². The monoisotopic (exact) mass is 352 g/mol. The first-order valence-electron chi connectivity index (χ1n) is 4.34. The third kappa shape index (κ3) is 3.51. The molecule has 0 N–H and O–H groups in total. The van der Waals surface area contributed by atoms with Gasteiger partial charge in [-0.05, 0) is 35.0 Å². The smallest absolute Gasteiger partial charge is 0.140 e. The number of alkyl halides is 1. The van der Waals surface area contributed by atoms with Crippen LogP contribution in [0.25, 0.3) is 6.08 Å². The summed E-state index contributed by atoms with van der Waals surface area (Å²) in [6.45, 7) is 1.99. The molecule has 0 bridgehead atoms. The zero-order valence-corrected chi connectivity index (χ0v) is 12.4. The van der Waals surface area contributed by atoms with Crippen LogP contribution in [-0.2, 0) is 0 Å². The predicted molar refractivity (Wildman–Crippen MR) is 72.8 cm³/mol. The highest BCUT2D eigenvalue weighted by molar-refractivity contribution is 9.11. The molecular formula is C11H11Br2ClO. The van der Waals surface area contributed by atoms with Gasteiger partial charge in [-0.1, -0.05) is 27.6 Å². The Hall–Kier alpha value is 0.01000. The molecule has 1 rings (SSSR count). The van der Waals surface area contributed by atoms with Gasteiger partial charge in [-0.3, -0.25) is 0 Å². The summed E-state index contributed by atoms with van der Waals surface area (Å²) in [5, 5.41) is 0. The molecule has 0 saturated carbocycles. The van der Waals surface area contributed by atoms with Gasteiger partial charge in [0.25, 0.3) is 0 Å². The second-order valence-corrected chi connectivity index (χ2v) is 5.17. The number of allylic oxidation sites excluding steroid dienone is 1. The van der Waals surface area contributed by atoms with Crippen LogP contribution in [0.5, 0.6) is 5.75 Å². The van der Waals surface area contributed by atoms with Gasteiger partial charge in [0.05, 0.1) is 11.6 Å². The summed E-state index contributed by atoms with van der Waals surface area (Å²) in [6, 6.07) is 3.95. The lowest BCUT2D eigenvalue weighted by atomic mass is 10.1. The summed E-state index contributed by atoms with van der Waals surface area (Å²) in [5.41, 5.74) is 2.11. The number of rotatable bonds is 3. The van der Waals surface area contributed by atoms with E-state index < -0.39 is 0 Å². The molecule has 0 aromatic heterocycles. The van der Waals surface area contributed by atoms with Crippen LogP contribution in [0.3, 0.4) is 0 Å². The van der Waals surface area contributed by atoms with Crippen LogP contribution >= 0.6 is 43.5 Å². The van der Waals surface area contributed by atoms with Gasteiger partial charge >= 0.3 is 0 Å². The molecule has 0 radical (unpaired) electrons. The first-order chi connectivity index (χ1) is 7.08. The Morgan fingerprint density at radius 3 is 2.67 bits per heavy atom. The molecule has 0 spiro atoms. The van der Waals surface area contributed by atoms with E-state index in [4.69, 9.17) is 16.3 Å². The van der Waals surface area contributed by atoms with Crippen LogP contribution in [0.15, 0.2) is 26.7 Å². The van der Waals surface area contributed by atoms with Crippen LogP contribution in [0, 0.1) is 0 Å². The van der Waals surface area contributed by atoms with E-state index in [-0.39, 0.29) is 0 Å². The maximum atomic E-state index is 5.74. The van der Waals surface area contributed by atoms with Crippen molar-refractivity contribution in [2.45, 2.75) is 6.92 Å². The summed E-state index contributed by atoms with van der Waals surface area (Å²) in [6.07, 6.45) is 2.02. The Bertz CT molecular complexity index is 388. The summed E-state index contributed by atoms with van der Waals surface area (Å²) in [5.74, 6) is 1.34. The van der Waals surface area contributed by atoms with Crippen molar-refractivity contribution in [2.75, 3.05) is 13.0 Å². The first-order valence-corrected chi connectivity index (χ1v) is 6.46. The van der Waals surface area contributed by atoms with E-state index in [2.05, 4.69) is 31.9 Å². The minimum atomic E-state index is 0.521. The highest BCUT2D eigenvalue weighted by Gasteiger charge is 2.07. The van der Waals surface area contributed by atoms with Crippen molar-refractivity contribution in [3.63, 3.8) is 0 Å². The second-order valence-electron chi connectivity index (χ2n) is 3.13. The topological polar surface area (TPSA) is 9.23 Å². The molecule has 15 heavy (non-hydrogen) atoms. The highest BCUT2D eigenvalue weighted by Crippen LogP contribution is 2.33. The molecule has 0 aliphatic heterocycles. The number of methoxy groups -OCH3 is 1. The lowest BCUT2D eigenvalue weighted by molar-refractivity contribution is 0.411. The Kier molecular flexibility index (Phi) is 5.16. The number of benzene rings is 1. The average Bonchev–Trinajstić information content (AvgIpc) is 2.17. The SMILES string of the molecule is COc1c(Br)cc(Br)cc1/C=C(/C)CCl. The Labute approximate surface area is 112 Å². The molecule has 1 nitrogen and oxygen atoms in total. The standard InChI is InChI=1S/C11H11Br2ClO/c1-7(6-14)3-8-4-9(12)5-10(13)11(8)15-2/h3-5H,6H2,1-2H3/b7-3-. The molecule has 0 aliphatic carbocycles. The normalized spacial score (nSPS) is 11.7. The molecule has 0 unspecified atom stereocenters. The van der Waals surface area contributed by atoms with Crippen LogP contribution in [0.1, 0.15) is 12.5 Å². The van der Waals surface area contributed by atoms with Gasteiger partial charge in [-0.15, -0.1) is 11.6 Å². The largest absolute Gasteiger partial charge is 0.495 e. The Morgan fingerprint density at radius 2 is 2.13 bits per heavy atom. The molecule has 0 amide bonds. The quantitative estimate of drug-likeness (QED) is 0.704. The van der Waals surface area contributed by atoms with E-state index >= 15 is 0 Å². The zero-order chi connectivity index (χ0) is 11.4. The van der Waals surface area contributed by atoms with Crippen molar-refractivity contribution < 1.29 is 4.74 Å². The minimum Gasteiger partial charge on any atom is -0.495 e. The van der Waals surface area contributed by atoms with E-state index in [0.717, 1.165) is 25.8 Å². The lowest BCUT2D eigenvalue weighted by Gasteiger charge is -2.09. The lowest BCUT2D eigenvalue weighted by Crippen LogP contribution is -1.90. The molecule has 0 heterocycles. The summed E-state index contributed by atoms with van der Waals surface area (Å²) >= 11 is 12.6. The zero-order valence-electron chi connectivity index (χ0n) is 8.48. The molecule has 0 aliphatic rings. The molecule has 1 aromatic rings. The highest BCUT2D eigenvalue weighted by atomic mass is 79.9. The van der Waals surface area contributed by atoms with Gasteiger partial charge in [0, 0.05) is 15.9 Å². The third-order valence-corrected chi connectivity index (χ3v) is 3.32. The fourth-order valence-corrected chi connectivity index (χ4v) is 2.70. The average molecular weight is 354 g/mol. The first kappa shape index (κ1) is 13.1. The van der Waals surface area contributed by atoms with Crippen LogP contribution in [0.2, 0.25) is 0 Å². The van der Waals surface area contributed by atoms with Gasteiger partial charge in [0.15, 0.2) is 0 Å².